The van der Waals surface area contributed by atoms with Gasteiger partial charge in [0, 0.05) is 13.2 Å². The average molecular weight is 277 g/mol. The van der Waals surface area contributed by atoms with Crippen LogP contribution in [-0.4, -0.2) is 44.4 Å². The molecule has 4 nitrogen and oxygen atoms in total. The van der Waals surface area contributed by atoms with Crippen molar-refractivity contribution in [2.45, 2.75) is 45.4 Å². The van der Waals surface area contributed by atoms with Gasteiger partial charge in [0.15, 0.2) is 0 Å². The van der Waals surface area contributed by atoms with Crippen molar-refractivity contribution in [3.05, 3.63) is 0 Å². The molecule has 1 fully saturated rings. The number of hydrogen-bond acceptors (Lipinski definition) is 4. The molecule has 1 aliphatic rings. The van der Waals surface area contributed by atoms with Crippen molar-refractivity contribution < 1.29 is 13.6 Å². The minimum atomic E-state index is -2.83. The molecule has 0 radical (unpaired) electrons. The van der Waals surface area contributed by atoms with E-state index in [1.807, 2.05) is 0 Å². The second kappa shape index (κ2) is 9.08. The number of nitrogens with zero attached hydrogens (tertiary/aromatic N) is 1. The topological polar surface area (TPSA) is 38.8 Å². The van der Waals surface area contributed by atoms with Gasteiger partial charge in [-0.3, -0.25) is 4.57 Å². The standard InChI is InChI=1S/C13H28NO3P/c1-3-4-8-12-16-18(2,15)17-13-11-14-9-6-5-7-10-14/h3-13H2,1-2H3/t18-/m1/s1. The zero-order chi connectivity index (χ0) is 13.3. The lowest BCUT2D eigenvalue weighted by Crippen LogP contribution is -2.32. The highest BCUT2D eigenvalue weighted by molar-refractivity contribution is 7.52. The highest BCUT2D eigenvalue weighted by atomic mass is 31.2. The van der Waals surface area contributed by atoms with Crippen molar-refractivity contribution in [2.24, 2.45) is 0 Å². The third-order valence-electron chi connectivity index (χ3n) is 3.26. The predicted molar refractivity (Wildman–Crippen MR) is 75.3 cm³/mol. The van der Waals surface area contributed by atoms with Crippen LogP contribution in [0.4, 0.5) is 0 Å². The monoisotopic (exact) mass is 277 g/mol. The lowest BCUT2D eigenvalue weighted by Gasteiger charge is -2.26. The first kappa shape index (κ1) is 16.2. The fraction of sp³-hybridized carbons (Fsp3) is 1.00. The molecular formula is C13H28NO3P. The summed E-state index contributed by atoms with van der Waals surface area (Å²) in [7, 11) is -2.83. The molecular weight excluding hydrogens is 249 g/mol. The van der Waals surface area contributed by atoms with E-state index in [1.165, 1.54) is 19.3 Å². The first-order valence-corrected chi connectivity index (χ1v) is 9.22. The van der Waals surface area contributed by atoms with Gasteiger partial charge in [-0.05, 0) is 32.4 Å². The lowest BCUT2D eigenvalue weighted by atomic mass is 10.1. The van der Waals surface area contributed by atoms with Crippen LogP contribution in [0.3, 0.4) is 0 Å². The fourth-order valence-corrected chi connectivity index (χ4v) is 3.09. The molecule has 0 N–H and O–H groups in total. The minimum absolute atomic E-state index is 0.515. The molecule has 1 saturated heterocycles. The van der Waals surface area contributed by atoms with Gasteiger partial charge in [-0.1, -0.05) is 26.2 Å². The quantitative estimate of drug-likeness (QED) is 0.477. The molecule has 18 heavy (non-hydrogen) atoms. The Morgan fingerprint density at radius 3 is 2.39 bits per heavy atom. The summed E-state index contributed by atoms with van der Waals surface area (Å²) in [6, 6.07) is 0. The molecule has 0 bridgehead atoms. The molecule has 0 aliphatic carbocycles. The number of piperidine rings is 1. The van der Waals surface area contributed by atoms with E-state index in [0.717, 1.165) is 38.9 Å². The molecule has 0 aromatic rings. The van der Waals surface area contributed by atoms with Crippen LogP contribution in [-0.2, 0) is 13.6 Å². The second-order valence-electron chi connectivity index (χ2n) is 5.05. The Hall–Kier alpha value is 0.110. The van der Waals surface area contributed by atoms with Crippen molar-refractivity contribution in [1.29, 1.82) is 0 Å². The Bertz CT molecular complexity index is 255. The van der Waals surface area contributed by atoms with Crippen LogP contribution in [0.15, 0.2) is 0 Å². The van der Waals surface area contributed by atoms with Crippen molar-refractivity contribution in [3.63, 3.8) is 0 Å². The van der Waals surface area contributed by atoms with E-state index in [1.54, 1.807) is 6.66 Å². The lowest BCUT2D eigenvalue weighted by molar-refractivity contribution is 0.158. The van der Waals surface area contributed by atoms with Gasteiger partial charge in [0.2, 0.25) is 0 Å². The van der Waals surface area contributed by atoms with Crippen molar-refractivity contribution in [1.82, 2.24) is 4.90 Å². The summed E-state index contributed by atoms with van der Waals surface area (Å²) in [4.78, 5) is 2.38. The third kappa shape index (κ3) is 7.52. The fourth-order valence-electron chi connectivity index (χ4n) is 2.14. The maximum Gasteiger partial charge on any atom is 0.327 e. The molecule has 108 valence electrons. The summed E-state index contributed by atoms with van der Waals surface area (Å²) in [6.45, 7) is 7.95. The van der Waals surface area contributed by atoms with Crippen LogP contribution in [0.25, 0.3) is 0 Å². The van der Waals surface area contributed by atoms with Crippen LogP contribution in [0, 0.1) is 0 Å². The van der Waals surface area contributed by atoms with E-state index < -0.39 is 7.60 Å². The first-order valence-electron chi connectivity index (χ1n) is 7.23. The van der Waals surface area contributed by atoms with E-state index in [9.17, 15) is 4.57 Å². The Morgan fingerprint density at radius 1 is 1.06 bits per heavy atom. The van der Waals surface area contributed by atoms with Crippen LogP contribution < -0.4 is 0 Å². The SMILES string of the molecule is CCCCCO[P@@](C)(=O)OCCN1CCCCC1. The number of likely N-dealkylation sites (tertiary alicyclic amines) is 1. The molecule has 5 heteroatoms. The zero-order valence-electron chi connectivity index (χ0n) is 11.9. The summed E-state index contributed by atoms with van der Waals surface area (Å²) in [5, 5.41) is 0. The number of rotatable bonds is 9. The highest BCUT2D eigenvalue weighted by Crippen LogP contribution is 2.43. The average Bonchev–Trinajstić information content (AvgIpc) is 2.36. The smallest absolute Gasteiger partial charge is 0.309 e. The largest absolute Gasteiger partial charge is 0.327 e. The number of unbranched alkanes of at least 4 members (excludes halogenated alkanes) is 2. The molecule has 0 amide bonds. The summed E-state index contributed by atoms with van der Waals surface area (Å²) < 4.78 is 22.7. The first-order chi connectivity index (χ1) is 8.64. The summed E-state index contributed by atoms with van der Waals surface area (Å²) >= 11 is 0. The van der Waals surface area contributed by atoms with Gasteiger partial charge in [-0.15, -0.1) is 0 Å². The Balaban J connectivity index is 2.06. The van der Waals surface area contributed by atoms with Gasteiger partial charge in [-0.25, -0.2) is 0 Å². The zero-order valence-corrected chi connectivity index (χ0v) is 12.8. The Kier molecular flexibility index (Phi) is 8.16. The van der Waals surface area contributed by atoms with E-state index in [4.69, 9.17) is 9.05 Å². The van der Waals surface area contributed by atoms with Gasteiger partial charge in [0.1, 0.15) is 0 Å². The van der Waals surface area contributed by atoms with Crippen molar-refractivity contribution >= 4 is 7.60 Å². The summed E-state index contributed by atoms with van der Waals surface area (Å²) in [5.74, 6) is 0. The molecule has 0 spiro atoms. The molecule has 1 aliphatic heterocycles. The third-order valence-corrected chi connectivity index (χ3v) is 4.56. The van der Waals surface area contributed by atoms with E-state index in [2.05, 4.69) is 11.8 Å². The summed E-state index contributed by atoms with van der Waals surface area (Å²) in [6.07, 6.45) is 7.11. The molecule has 1 rings (SSSR count). The van der Waals surface area contributed by atoms with E-state index in [-0.39, 0.29) is 0 Å². The van der Waals surface area contributed by atoms with Gasteiger partial charge in [0.05, 0.1) is 13.2 Å². The van der Waals surface area contributed by atoms with E-state index in [0.29, 0.717) is 13.2 Å². The van der Waals surface area contributed by atoms with Crippen molar-refractivity contribution in [2.75, 3.05) is 39.5 Å². The van der Waals surface area contributed by atoms with Crippen LogP contribution in [0.5, 0.6) is 0 Å². The predicted octanol–water partition coefficient (Wildman–Crippen LogP) is 3.52. The highest BCUT2D eigenvalue weighted by Gasteiger charge is 2.17. The molecule has 1 atom stereocenters. The maximum atomic E-state index is 12.0. The van der Waals surface area contributed by atoms with Gasteiger partial charge in [0.25, 0.3) is 0 Å². The molecule has 0 unspecified atom stereocenters. The minimum Gasteiger partial charge on any atom is -0.309 e. The van der Waals surface area contributed by atoms with Crippen molar-refractivity contribution in [3.8, 4) is 0 Å². The van der Waals surface area contributed by atoms with Crippen LogP contribution in [0.2, 0.25) is 0 Å². The molecule has 1 heterocycles. The van der Waals surface area contributed by atoms with E-state index >= 15 is 0 Å². The maximum absolute atomic E-state index is 12.0. The normalized spacial score (nSPS) is 20.8. The van der Waals surface area contributed by atoms with Gasteiger partial charge in [-0.2, -0.15) is 0 Å². The number of hydrogen-bond donors (Lipinski definition) is 0. The van der Waals surface area contributed by atoms with Crippen LogP contribution >= 0.6 is 7.60 Å². The summed E-state index contributed by atoms with van der Waals surface area (Å²) in [5.41, 5.74) is 0. The van der Waals surface area contributed by atoms with Crippen LogP contribution in [0.1, 0.15) is 45.4 Å². The van der Waals surface area contributed by atoms with Gasteiger partial charge < -0.3 is 13.9 Å². The molecule has 0 aromatic heterocycles. The molecule has 0 saturated carbocycles. The Morgan fingerprint density at radius 2 is 1.72 bits per heavy atom. The Labute approximate surface area is 112 Å². The molecule has 0 aromatic carbocycles. The van der Waals surface area contributed by atoms with Gasteiger partial charge >= 0.3 is 7.60 Å². The second-order valence-corrected chi connectivity index (χ2v) is 7.11.